The summed E-state index contributed by atoms with van der Waals surface area (Å²) < 4.78 is 38.5. The number of amides is 2. The molecule has 0 saturated carbocycles. The van der Waals surface area contributed by atoms with Crippen LogP contribution in [-0.4, -0.2) is 73.4 Å². The first-order valence-electron chi connectivity index (χ1n) is 12.2. The summed E-state index contributed by atoms with van der Waals surface area (Å²) in [7, 11) is 0. The standard InChI is InChI=1S/C25H30F2N8O4/c1-15-19(35(32-29-15)17-7-5-16(6-8-17)22(26)27)14-38-21-10-9-20(30-31-21)33-11-12-34(18(13-33)23(28)36)24(37)39-25(2,3)4/h5-10,18,22H,11-14H2,1-4H3,(H2,28,36)/t18-/m0/s1. The maximum absolute atomic E-state index is 12.9. The lowest BCUT2D eigenvalue weighted by Gasteiger charge is -2.40. The Morgan fingerprint density at radius 3 is 2.38 bits per heavy atom. The molecule has 2 aromatic heterocycles. The van der Waals surface area contributed by atoms with E-state index in [2.05, 4.69) is 20.5 Å². The van der Waals surface area contributed by atoms with E-state index in [1.54, 1.807) is 44.7 Å². The summed E-state index contributed by atoms with van der Waals surface area (Å²) in [6.45, 7) is 7.81. The van der Waals surface area contributed by atoms with Gasteiger partial charge in [-0.1, -0.05) is 17.3 Å². The maximum Gasteiger partial charge on any atom is 0.411 e. The van der Waals surface area contributed by atoms with Crippen LogP contribution in [0.1, 0.15) is 44.1 Å². The number of carbonyl (C=O) groups excluding carboxylic acids is 2. The second kappa shape index (κ2) is 11.2. The number of alkyl halides is 2. The number of halogens is 2. The fourth-order valence-corrected chi connectivity index (χ4v) is 3.99. The predicted molar refractivity (Wildman–Crippen MR) is 136 cm³/mol. The predicted octanol–water partition coefficient (Wildman–Crippen LogP) is 2.79. The van der Waals surface area contributed by atoms with Crippen molar-refractivity contribution < 1.29 is 27.8 Å². The number of nitrogens with two attached hydrogens (primary N) is 1. The number of piperazine rings is 1. The Hall–Kier alpha value is -4.36. The van der Waals surface area contributed by atoms with E-state index < -0.39 is 30.1 Å². The van der Waals surface area contributed by atoms with Gasteiger partial charge in [-0.25, -0.2) is 18.3 Å². The van der Waals surface area contributed by atoms with Crippen LogP contribution in [0.15, 0.2) is 36.4 Å². The molecular formula is C25H30F2N8O4. The highest BCUT2D eigenvalue weighted by atomic mass is 19.3. The van der Waals surface area contributed by atoms with Crippen molar-refractivity contribution in [3.05, 3.63) is 53.3 Å². The molecule has 0 aliphatic carbocycles. The Kier molecular flexibility index (Phi) is 7.93. The van der Waals surface area contributed by atoms with Gasteiger partial charge >= 0.3 is 6.09 Å². The SMILES string of the molecule is Cc1nnn(-c2ccc(C(F)F)cc2)c1COc1ccc(N2CCN(C(=O)OC(C)(C)C)[C@H](C(N)=O)C2)nn1. The Morgan fingerprint density at radius 2 is 1.79 bits per heavy atom. The van der Waals surface area contributed by atoms with Crippen molar-refractivity contribution >= 4 is 17.8 Å². The largest absolute Gasteiger partial charge is 0.470 e. The highest BCUT2D eigenvalue weighted by molar-refractivity contribution is 5.85. The van der Waals surface area contributed by atoms with Crippen LogP contribution < -0.4 is 15.4 Å². The van der Waals surface area contributed by atoms with Gasteiger partial charge in [0.1, 0.15) is 23.9 Å². The molecule has 2 amide bonds. The van der Waals surface area contributed by atoms with Crippen LogP contribution in [0.25, 0.3) is 5.69 Å². The lowest BCUT2D eigenvalue weighted by atomic mass is 10.1. The third-order valence-corrected chi connectivity index (χ3v) is 5.99. The highest BCUT2D eigenvalue weighted by Crippen LogP contribution is 2.23. The summed E-state index contributed by atoms with van der Waals surface area (Å²) in [4.78, 5) is 27.8. The zero-order valence-electron chi connectivity index (χ0n) is 22.0. The molecule has 0 unspecified atom stereocenters. The fraction of sp³-hybridized carbons (Fsp3) is 0.440. The van der Waals surface area contributed by atoms with Gasteiger partial charge in [-0.3, -0.25) is 9.69 Å². The Bertz CT molecular complexity index is 1310. The van der Waals surface area contributed by atoms with Crippen LogP contribution in [0.3, 0.4) is 0 Å². The Morgan fingerprint density at radius 1 is 1.08 bits per heavy atom. The van der Waals surface area contributed by atoms with Crippen molar-refractivity contribution in [1.82, 2.24) is 30.1 Å². The molecule has 12 nitrogen and oxygen atoms in total. The lowest BCUT2D eigenvalue weighted by Crippen LogP contribution is -2.60. The number of hydrogen-bond acceptors (Lipinski definition) is 9. The molecule has 1 aromatic carbocycles. The number of aromatic nitrogens is 5. The molecule has 1 atom stereocenters. The first kappa shape index (κ1) is 27.7. The van der Waals surface area contributed by atoms with Gasteiger partial charge in [-0.05, 0) is 45.9 Å². The van der Waals surface area contributed by atoms with Crippen molar-refractivity contribution in [2.75, 3.05) is 24.5 Å². The summed E-state index contributed by atoms with van der Waals surface area (Å²) in [6, 6.07) is 8.17. The minimum atomic E-state index is -2.56. The molecule has 0 bridgehead atoms. The van der Waals surface area contributed by atoms with Gasteiger partial charge in [-0.15, -0.1) is 15.3 Å². The van der Waals surface area contributed by atoms with E-state index in [1.807, 2.05) is 0 Å². The summed E-state index contributed by atoms with van der Waals surface area (Å²) in [5, 5.41) is 16.5. The van der Waals surface area contributed by atoms with E-state index >= 15 is 0 Å². The molecule has 1 fully saturated rings. The number of rotatable bonds is 7. The minimum Gasteiger partial charge on any atom is -0.470 e. The summed E-state index contributed by atoms with van der Waals surface area (Å²) >= 11 is 0. The molecule has 1 aliphatic rings. The summed E-state index contributed by atoms with van der Waals surface area (Å²) in [5.41, 5.74) is 6.58. The average molecular weight is 545 g/mol. The van der Waals surface area contributed by atoms with Crippen LogP contribution in [0.4, 0.5) is 19.4 Å². The third kappa shape index (κ3) is 6.56. The van der Waals surface area contributed by atoms with Crippen molar-refractivity contribution in [2.24, 2.45) is 5.73 Å². The molecular weight excluding hydrogens is 514 g/mol. The third-order valence-electron chi connectivity index (χ3n) is 5.99. The van der Waals surface area contributed by atoms with Gasteiger partial charge in [0.15, 0.2) is 5.82 Å². The quantitative estimate of drug-likeness (QED) is 0.475. The van der Waals surface area contributed by atoms with E-state index in [0.29, 0.717) is 29.4 Å². The average Bonchev–Trinajstić information content (AvgIpc) is 3.26. The molecule has 1 aliphatic heterocycles. The number of nitrogens with zero attached hydrogens (tertiary/aromatic N) is 7. The van der Waals surface area contributed by atoms with Crippen LogP contribution in [0.5, 0.6) is 5.88 Å². The monoisotopic (exact) mass is 544 g/mol. The van der Waals surface area contributed by atoms with Gasteiger partial charge in [-0.2, -0.15) is 0 Å². The van der Waals surface area contributed by atoms with E-state index in [9.17, 15) is 18.4 Å². The number of primary amides is 1. The number of aryl methyl sites for hydroxylation is 1. The highest BCUT2D eigenvalue weighted by Gasteiger charge is 2.37. The second-order valence-corrected chi connectivity index (χ2v) is 9.98. The molecule has 3 heterocycles. The van der Waals surface area contributed by atoms with Crippen molar-refractivity contribution in [3.8, 4) is 11.6 Å². The van der Waals surface area contributed by atoms with E-state index in [-0.39, 0.29) is 31.1 Å². The fourth-order valence-electron chi connectivity index (χ4n) is 3.99. The molecule has 14 heteroatoms. The van der Waals surface area contributed by atoms with E-state index in [0.717, 1.165) is 0 Å². The number of hydrogen-bond donors (Lipinski definition) is 1. The van der Waals surface area contributed by atoms with Crippen LogP contribution in [0.2, 0.25) is 0 Å². The number of benzene rings is 1. The zero-order valence-corrected chi connectivity index (χ0v) is 22.0. The molecule has 2 N–H and O–H groups in total. The van der Waals surface area contributed by atoms with Gasteiger partial charge < -0.3 is 20.1 Å². The van der Waals surface area contributed by atoms with Gasteiger partial charge in [0.25, 0.3) is 6.43 Å². The minimum absolute atomic E-state index is 0.0573. The molecule has 1 saturated heterocycles. The van der Waals surface area contributed by atoms with Gasteiger partial charge in [0.2, 0.25) is 11.8 Å². The first-order valence-corrected chi connectivity index (χ1v) is 12.2. The molecule has 3 aromatic rings. The van der Waals surface area contributed by atoms with Crippen LogP contribution in [-0.2, 0) is 16.1 Å². The number of ether oxygens (including phenoxy) is 2. The van der Waals surface area contributed by atoms with Crippen molar-refractivity contribution in [1.29, 1.82) is 0 Å². The van der Waals surface area contributed by atoms with Crippen molar-refractivity contribution in [2.45, 2.75) is 52.4 Å². The lowest BCUT2D eigenvalue weighted by molar-refractivity contribution is -0.123. The maximum atomic E-state index is 12.9. The van der Waals surface area contributed by atoms with Crippen LogP contribution in [0, 0.1) is 6.92 Å². The smallest absolute Gasteiger partial charge is 0.411 e. The summed E-state index contributed by atoms with van der Waals surface area (Å²) in [5.74, 6) is 0.0696. The number of carbonyl (C=O) groups is 2. The van der Waals surface area contributed by atoms with Crippen molar-refractivity contribution in [3.63, 3.8) is 0 Å². The topological polar surface area (TPSA) is 142 Å². The van der Waals surface area contributed by atoms with E-state index in [1.165, 1.54) is 33.8 Å². The Labute approximate surface area is 223 Å². The first-order chi connectivity index (χ1) is 18.4. The second-order valence-electron chi connectivity index (χ2n) is 9.98. The van der Waals surface area contributed by atoms with Gasteiger partial charge in [0, 0.05) is 31.3 Å². The molecule has 39 heavy (non-hydrogen) atoms. The molecule has 0 spiro atoms. The Balaban J connectivity index is 1.41. The zero-order chi connectivity index (χ0) is 28.3. The van der Waals surface area contributed by atoms with Crippen LogP contribution >= 0.6 is 0 Å². The molecule has 4 rings (SSSR count). The molecule has 208 valence electrons. The normalized spacial score (nSPS) is 15.9. The van der Waals surface area contributed by atoms with Gasteiger partial charge in [0.05, 0.1) is 11.4 Å². The van der Waals surface area contributed by atoms with E-state index in [4.69, 9.17) is 15.2 Å². The summed E-state index contributed by atoms with van der Waals surface area (Å²) in [6.07, 6.45) is -3.16. The molecule has 0 radical (unpaired) electrons. The number of anilines is 1.